The Morgan fingerprint density at radius 1 is 1.32 bits per heavy atom. The maximum Gasteiger partial charge on any atom is 0.202 e. The van der Waals surface area contributed by atoms with Gasteiger partial charge in [-0.25, -0.2) is 4.98 Å². The normalized spacial score (nSPS) is 34.8. The molecular weight excluding hydrogens is 278 g/mol. The number of rotatable bonds is 3. The summed E-state index contributed by atoms with van der Waals surface area (Å²) < 4.78 is 10.5. The van der Waals surface area contributed by atoms with Crippen molar-refractivity contribution in [1.29, 1.82) is 0 Å². The van der Waals surface area contributed by atoms with Crippen molar-refractivity contribution in [2.45, 2.75) is 49.7 Å². The molecule has 1 saturated carbocycles. The maximum atomic E-state index is 6.05. The molecule has 1 spiro atoms. The van der Waals surface area contributed by atoms with Crippen molar-refractivity contribution in [2.75, 3.05) is 23.4 Å². The predicted molar refractivity (Wildman–Crippen MR) is 79.2 cm³/mol. The maximum absolute atomic E-state index is 6.05. The highest BCUT2D eigenvalue weighted by atomic mass is 32.2. The van der Waals surface area contributed by atoms with Gasteiger partial charge in [-0.2, -0.15) is 16.1 Å². The van der Waals surface area contributed by atoms with Gasteiger partial charge in [-0.3, -0.25) is 0 Å². The van der Waals surface area contributed by atoms with Crippen LogP contribution >= 0.6 is 23.3 Å². The molecule has 3 aliphatic rings. The summed E-state index contributed by atoms with van der Waals surface area (Å²) in [4.78, 5) is 4.63. The Morgan fingerprint density at radius 3 is 3.05 bits per heavy atom. The molecule has 0 aromatic carbocycles. The summed E-state index contributed by atoms with van der Waals surface area (Å²) in [6.45, 7) is 0.881. The van der Waals surface area contributed by atoms with Gasteiger partial charge in [-0.15, -0.1) is 0 Å². The number of hydrogen-bond donors (Lipinski definition) is 1. The Morgan fingerprint density at radius 2 is 2.26 bits per heavy atom. The molecular formula is C13H19N3OS2. The third-order valence-electron chi connectivity index (χ3n) is 4.27. The van der Waals surface area contributed by atoms with Gasteiger partial charge in [0.15, 0.2) is 0 Å². The van der Waals surface area contributed by atoms with Crippen LogP contribution in [-0.2, 0) is 4.74 Å². The van der Waals surface area contributed by atoms with Crippen LogP contribution in [0.4, 0.5) is 5.13 Å². The van der Waals surface area contributed by atoms with Crippen LogP contribution in [0.3, 0.4) is 0 Å². The van der Waals surface area contributed by atoms with Crippen molar-refractivity contribution >= 4 is 28.4 Å². The van der Waals surface area contributed by atoms with E-state index in [-0.39, 0.29) is 5.60 Å². The Bertz CT molecular complexity index is 454. The summed E-state index contributed by atoms with van der Waals surface area (Å²) in [5.41, 5.74) is 0.143. The van der Waals surface area contributed by atoms with Crippen LogP contribution in [0.5, 0.6) is 0 Å². The van der Waals surface area contributed by atoms with Gasteiger partial charge in [0.2, 0.25) is 5.13 Å². The molecule has 2 atom stereocenters. The minimum Gasteiger partial charge on any atom is -0.374 e. The molecule has 104 valence electrons. The van der Waals surface area contributed by atoms with E-state index < -0.39 is 0 Å². The number of thioether (sulfide) groups is 1. The molecule has 6 heteroatoms. The zero-order valence-corrected chi connectivity index (χ0v) is 12.6. The fraction of sp³-hybridized carbons (Fsp3) is 0.846. The minimum absolute atomic E-state index is 0.143. The molecule has 3 heterocycles. The first-order chi connectivity index (χ1) is 9.33. The van der Waals surface area contributed by atoms with Gasteiger partial charge in [0.05, 0.1) is 5.60 Å². The quantitative estimate of drug-likeness (QED) is 0.929. The Labute approximate surface area is 121 Å². The highest BCUT2D eigenvalue weighted by molar-refractivity contribution is 7.99. The fourth-order valence-electron chi connectivity index (χ4n) is 2.99. The highest BCUT2D eigenvalue weighted by Crippen LogP contribution is 2.41. The van der Waals surface area contributed by atoms with Crippen molar-refractivity contribution in [3.63, 3.8) is 0 Å². The van der Waals surface area contributed by atoms with Gasteiger partial charge < -0.3 is 10.1 Å². The zero-order chi connectivity index (χ0) is 12.7. The molecule has 1 N–H and O–H groups in total. The van der Waals surface area contributed by atoms with Crippen LogP contribution < -0.4 is 5.32 Å². The third kappa shape index (κ3) is 2.62. The van der Waals surface area contributed by atoms with Gasteiger partial charge in [-0.05, 0) is 37.9 Å². The minimum atomic E-state index is 0.143. The molecule has 1 aromatic rings. The van der Waals surface area contributed by atoms with E-state index in [0.717, 1.165) is 36.2 Å². The molecule has 4 rings (SSSR count). The van der Waals surface area contributed by atoms with E-state index in [9.17, 15) is 0 Å². The highest BCUT2D eigenvalue weighted by Gasteiger charge is 2.40. The number of hydrogen-bond acceptors (Lipinski definition) is 6. The summed E-state index contributed by atoms with van der Waals surface area (Å²) >= 11 is 3.55. The second-order valence-corrected chi connectivity index (χ2v) is 7.76. The monoisotopic (exact) mass is 297 g/mol. The third-order valence-corrected chi connectivity index (χ3v) is 6.16. The largest absolute Gasteiger partial charge is 0.374 e. The standard InChI is InChI=1S/C13H19N3OS2/c1-2-9(1)11-15-12(19-16-11)14-10-3-5-17-13(7-10)4-6-18-8-13/h9-10H,1-8H2,(H,14,15,16)/t10-,13-/m0/s1. The lowest BCUT2D eigenvalue weighted by Gasteiger charge is -2.37. The zero-order valence-electron chi connectivity index (χ0n) is 10.9. The van der Waals surface area contributed by atoms with Crippen LogP contribution in [0.15, 0.2) is 0 Å². The average molecular weight is 297 g/mol. The van der Waals surface area contributed by atoms with Gasteiger partial charge >= 0.3 is 0 Å². The molecule has 1 aliphatic carbocycles. The second kappa shape index (κ2) is 4.90. The molecule has 2 aliphatic heterocycles. The summed E-state index contributed by atoms with van der Waals surface area (Å²) in [5.74, 6) is 4.12. The SMILES string of the molecule is C1C[C@H](Nc2nc(C3CC3)ns2)C[C@]2(CCSC2)O1. The number of aromatic nitrogens is 2. The number of ether oxygens (including phenoxy) is 1. The van der Waals surface area contributed by atoms with Gasteiger partial charge in [0, 0.05) is 35.9 Å². The predicted octanol–water partition coefficient (Wildman–Crippen LogP) is 2.88. The van der Waals surface area contributed by atoms with E-state index in [0.29, 0.717) is 12.0 Å². The van der Waals surface area contributed by atoms with Crippen LogP contribution in [0.25, 0.3) is 0 Å². The van der Waals surface area contributed by atoms with E-state index in [1.165, 1.54) is 36.5 Å². The van der Waals surface area contributed by atoms with E-state index in [2.05, 4.69) is 14.7 Å². The topological polar surface area (TPSA) is 47.0 Å². The molecule has 0 amide bonds. The van der Waals surface area contributed by atoms with E-state index >= 15 is 0 Å². The molecule has 0 unspecified atom stereocenters. The Hall–Kier alpha value is -0.330. The van der Waals surface area contributed by atoms with E-state index in [1.54, 1.807) is 0 Å². The van der Waals surface area contributed by atoms with Crippen molar-refractivity contribution in [3.05, 3.63) is 5.82 Å². The molecule has 2 saturated heterocycles. The van der Waals surface area contributed by atoms with E-state index in [4.69, 9.17) is 4.74 Å². The first-order valence-corrected chi connectivity index (χ1v) is 9.08. The number of nitrogens with zero attached hydrogens (tertiary/aromatic N) is 2. The average Bonchev–Trinajstić information content (AvgIpc) is 3.01. The summed E-state index contributed by atoms with van der Waals surface area (Å²) in [6.07, 6.45) is 5.96. The first-order valence-electron chi connectivity index (χ1n) is 7.15. The summed E-state index contributed by atoms with van der Waals surface area (Å²) in [7, 11) is 0. The lowest BCUT2D eigenvalue weighted by molar-refractivity contribution is -0.0628. The van der Waals surface area contributed by atoms with Crippen LogP contribution in [0.2, 0.25) is 0 Å². The van der Waals surface area contributed by atoms with E-state index in [1.807, 2.05) is 11.8 Å². The van der Waals surface area contributed by atoms with Crippen molar-refractivity contribution < 1.29 is 4.74 Å². The molecule has 0 bridgehead atoms. The van der Waals surface area contributed by atoms with Gasteiger partial charge in [-0.1, -0.05) is 0 Å². The summed E-state index contributed by atoms with van der Waals surface area (Å²) in [6, 6.07) is 0.507. The van der Waals surface area contributed by atoms with Crippen LogP contribution in [-0.4, -0.2) is 39.1 Å². The van der Waals surface area contributed by atoms with Crippen molar-refractivity contribution in [3.8, 4) is 0 Å². The second-order valence-electron chi connectivity index (χ2n) is 5.90. The molecule has 19 heavy (non-hydrogen) atoms. The first kappa shape index (κ1) is 12.4. The Kier molecular flexibility index (Phi) is 3.20. The summed E-state index contributed by atoms with van der Waals surface area (Å²) in [5, 5.41) is 4.60. The number of nitrogens with one attached hydrogen (secondary N) is 1. The number of anilines is 1. The lowest BCUT2D eigenvalue weighted by atomic mass is 9.90. The van der Waals surface area contributed by atoms with Gasteiger partial charge in [0.1, 0.15) is 5.82 Å². The van der Waals surface area contributed by atoms with Crippen molar-refractivity contribution in [2.24, 2.45) is 0 Å². The molecule has 3 fully saturated rings. The van der Waals surface area contributed by atoms with Gasteiger partial charge in [0.25, 0.3) is 0 Å². The molecule has 4 nitrogen and oxygen atoms in total. The smallest absolute Gasteiger partial charge is 0.202 e. The van der Waals surface area contributed by atoms with Crippen LogP contribution in [0, 0.1) is 0 Å². The molecule has 0 radical (unpaired) electrons. The lowest BCUT2D eigenvalue weighted by Crippen LogP contribution is -2.44. The Balaban J connectivity index is 1.40. The van der Waals surface area contributed by atoms with Crippen LogP contribution in [0.1, 0.15) is 43.8 Å². The molecule has 1 aromatic heterocycles. The fourth-order valence-corrected chi connectivity index (χ4v) is 5.09. The van der Waals surface area contributed by atoms with Crippen molar-refractivity contribution in [1.82, 2.24) is 9.36 Å².